The summed E-state index contributed by atoms with van der Waals surface area (Å²) in [7, 11) is 0. The predicted octanol–water partition coefficient (Wildman–Crippen LogP) is 4.15. The molecule has 1 saturated carbocycles. The average molecular weight is 432 g/mol. The molecule has 6 nitrogen and oxygen atoms in total. The zero-order chi connectivity index (χ0) is 22.1. The summed E-state index contributed by atoms with van der Waals surface area (Å²) >= 11 is 0. The first-order valence-corrected chi connectivity index (χ1v) is 11.8. The lowest BCUT2D eigenvalue weighted by Crippen LogP contribution is -2.40. The van der Waals surface area contributed by atoms with Crippen LogP contribution in [0, 0.1) is 0 Å². The molecule has 0 bridgehead atoms. The number of imide groups is 1. The van der Waals surface area contributed by atoms with Crippen LogP contribution in [0.25, 0.3) is 0 Å². The van der Waals surface area contributed by atoms with Gasteiger partial charge in [-0.1, -0.05) is 37.5 Å². The summed E-state index contributed by atoms with van der Waals surface area (Å²) in [6, 6.07) is 13.0. The minimum absolute atomic E-state index is 0.0180. The third-order valence-corrected chi connectivity index (χ3v) is 7.00. The molecule has 3 amide bonds. The second-order valence-electron chi connectivity index (χ2n) is 9.04. The number of benzene rings is 2. The maximum absolute atomic E-state index is 13.0. The summed E-state index contributed by atoms with van der Waals surface area (Å²) in [5.74, 6) is -0.713. The first-order valence-electron chi connectivity index (χ1n) is 11.8. The molecule has 2 aliphatic heterocycles. The van der Waals surface area contributed by atoms with Gasteiger partial charge in [-0.15, -0.1) is 0 Å². The summed E-state index contributed by atoms with van der Waals surface area (Å²) in [6.45, 7) is 2.51. The predicted molar refractivity (Wildman–Crippen MR) is 123 cm³/mol. The zero-order valence-corrected chi connectivity index (χ0v) is 18.3. The molecule has 1 saturated heterocycles. The summed E-state index contributed by atoms with van der Waals surface area (Å²) in [5, 5.41) is 3.00. The molecular weight excluding hydrogens is 402 g/mol. The molecule has 0 unspecified atom stereocenters. The molecule has 1 N–H and O–H groups in total. The van der Waals surface area contributed by atoms with Gasteiger partial charge in [-0.2, -0.15) is 0 Å². The van der Waals surface area contributed by atoms with E-state index in [0.717, 1.165) is 50.8 Å². The van der Waals surface area contributed by atoms with Crippen molar-refractivity contribution in [2.75, 3.05) is 18.0 Å². The van der Waals surface area contributed by atoms with Gasteiger partial charge in [0.2, 0.25) is 0 Å². The Labute approximate surface area is 188 Å². The van der Waals surface area contributed by atoms with Crippen LogP contribution in [0.4, 0.5) is 5.69 Å². The topological polar surface area (TPSA) is 69.7 Å². The van der Waals surface area contributed by atoms with Crippen molar-refractivity contribution in [3.63, 3.8) is 0 Å². The molecular formula is C26H29N3O3. The van der Waals surface area contributed by atoms with Gasteiger partial charge in [0.15, 0.2) is 0 Å². The molecule has 3 aliphatic rings. The second-order valence-corrected chi connectivity index (χ2v) is 9.04. The van der Waals surface area contributed by atoms with Gasteiger partial charge in [-0.3, -0.25) is 19.3 Å². The fourth-order valence-electron chi connectivity index (χ4n) is 5.28. The van der Waals surface area contributed by atoms with Gasteiger partial charge in [0.1, 0.15) is 0 Å². The number of amides is 3. The van der Waals surface area contributed by atoms with E-state index in [1.54, 1.807) is 18.2 Å². The van der Waals surface area contributed by atoms with Crippen molar-refractivity contribution in [1.82, 2.24) is 10.2 Å². The maximum Gasteiger partial charge on any atom is 0.261 e. The molecule has 166 valence electrons. The van der Waals surface area contributed by atoms with Crippen LogP contribution in [0.3, 0.4) is 0 Å². The molecule has 2 aromatic rings. The van der Waals surface area contributed by atoms with Crippen LogP contribution < -0.4 is 10.2 Å². The number of nitrogens with zero attached hydrogens (tertiary/aromatic N) is 2. The Balaban J connectivity index is 1.30. The number of para-hydroxylation sites is 1. The van der Waals surface area contributed by atoms with E-state index in [1.165, 1.54) is 23.4 Å². The van der Waals surface area contributed by atoms with Gasteiger partial charge in [0, 0.05) is 36.9 Å². The van der Waals surface area contributed by atoms with E-state index in [1.807, 2.05) is 18.2 Å². The highest BCUT2D eigenvalue weighted by atomic mass is 16.2. The van der Waals surface area contributed by atoms with Crippen LogP contribution in [-0.4, -0.2) is 41.8 Å². The van der Waals surface area contributed by atoms with Gasteiger partial charge >= 0.3 is 0 Å². The molecule has 0 radical (unpaired) electrons. The first kappa shape index (κ1) is 20.7. The van der Waals surface area contributed by atoms with Gasteiger partial charge in [-0.05, 0) is 55.5 Å². The lowest BCUT2D eigenvalue weighted by Gasteiger charge is -2.29. The highest BCUT2D eigenvalue weighted by Gasteiger charge is 2.40. The van der Waals surface area contributed by atoms with Crippen molar-refractivity contribution in [2.45, 2.75) is 57.5 Å². The molecule has 0 aromatic heterocycles. The monoisotopic (exact) mass is 431 g/mol. The third kappa shape index (κ3) is 3.78. The number of anilines is 1. The van der Waals surface area contributed by atoms with E-state index >= 15 is 0 Å². The lowest BCUT2D eigenvalue weighted by atomic mass is 9.94. The molecule has 0 spiro atoms. The Morgan fingerprint density at radius 2 is 1.59 bits per heavy atom. The Morgan fingerprint density at radius 1 is 0.875 bits per heavy atom. The minimum Gasteiger partial charge on any atom is -0.371 e. The summed E-state index contributed by atoms with van der Waals surface area (Å²) in [6.07, 6.45) is 7.38. The third-order valence-electron chi connectivity index (χ3n) is 7.00. The Kier molecular flexibility index (Phi) is 5.68. The molecule has 5 rings (SSSR count). The average Bonchev–Trinajstić information content (AvgIpc) is 3.45. The molecule has 32 heavy (non-hydrogen) atoms. The van der Waals surface area contributed by atoms with E-state index in [-0.39, 0.29) is 23.8 Å². The molecule has 2 fully saturated rings. The van der Waals surface area contributed by atoms with Crippen LogP contribution in [-0.2, 0) is 6.54 Å². The van der Waals surface area contributed by atoms with Crippen molar-refractivity contribution in [3.8, 4) is 0 Å². The van der Waals surface area contributed by atoms with Crippen LogP contribution in [0.1, 0.15) is 81.6 Å². The minimum atomic E-state index is -0.258. The quantitative estimate of drug-likeness (QED) is 0.723. The number of fused-ring (bicyclic) bond motifs is 1. The summed E-state index contributed by atoms with van der Waals surface area (Å²) in [5.41, 5.74) is 3.43. The zero-order valence-electron chi connectivity index (χ0n) is 18.3. The largest absolute Gasteiger partial charge is 0.371 e. The number of carbonyl (C=O) groups excluding carboxylic acids is 3. The fraction of sp³-hybridized carbons (Fsp3) is 0.423. The normalized spacial score (nSPS) is 18.9. The van der Waals surface area contributed by atoms with Crippen molar-refractivity contribution in [2.24, 2.45) is 0 Å². The maximum atomic E-state index is 13.0. The SMILES string of the molecule is O=C(NCc1ccccc1N1CCCC1)c1ccc2c(c1)C(=O)N(C1CCCCC1)C2=O. The van der Waals surface area contributed by atoms with Gasteiger partial charge in [0.05, 0.1) is 11.1 Å². The van der Waals surface area contributed by atoms with Gasteiger partial charge < -0.3 is 10.2 Å². The molecule has 0 atom stereocenters. The molecule has 1 aliphatic carbocycles. The Bertz CT molecular complexity index is 1050. The lowest BCUT2D eigenvalue weighted by molar-refractivity contribution is 0.0549. The smallest absolute Gasteiger partial charge is 0.261 e. The molecule has 2 heterocycles. The van der Waals surface area contributed by atoms with Crippen molar-refractivity contribution in [1.29, 1.82) is 0 Å². The van der Waals surface area contributed by atoms with Crippen LogP contribution in [0.5, 0.6) is 0 Å². The van der Waals surface area contributed by atoms with E-state index in [9.17, 15) is 14.4 Å². The van der Waals surface area contributed by atoms with E-state index < -0.39 is 0 Å². The number of nitrogens with one attached hydrogen (secondary N) is 1. The standard InChI is InChI=1S/C26H29N3O3/c30-24(27-17-19-8-4-5-11-23(19)28-14-6-7-15-28)18-12-13-21-22(16-18)26(32)29(25(21)31)20-9-2-1-3-10-20/h4-5,8,11-13,16,20H,1-3,6-7,9-10,14-15,17H2,(H,27,30). The number of rotatable bonds is 5. The molecule has 6 heteroatoms. The van der Waals surface area contributed by atoms with Gasteiger partial charge in [0.25, 0.3) is 17.7 Å². The van der Waals surface area contributed by atoms with Gasteiger partial charge in [-0.25, -0.2) is 0 Å². The first-order chi connectivity index (χ1) is 15.6. The number of hydrogen-bond acceptors (Lipinski definition) is 4. The van der Waals surface area contributed by atoms with Crippen molar-refractivity contribution < 1.29 is 14.4 Å². The van der Waals surface area contributed by atoms with E-state index in [4.69, 9.17) is 0 Å². The van der Waals surface area contributed by atoms with Crippen LogP contribution in [0.15, 0.2) is 42.5 Å². The van der Waals surface area contributed by atoms with E-state index in [2.05, 4.69) is 16.3 Å². The van der Waals surface area contributed by atoms with Crippen LogP contribution >= 0.6 is 0 Å². The van der Waals surface area contributed by atoms with Crippen molar-refractivity contribution in [3.05, 3.63) is 64.7 Å². The second kappa shape index (κ2) is 8.77. The van der Waals surface area contributed by atoms with Crippen LogP contribution in [0.2, 0.25) is 0 Å². The highest BCUT2D eigenvalue weighted by molar-refractivity contribution is 6.22. The Hall–Kier alpha value is -3.15. The summed E-state index contributed by atoms with van der Waals surface area (Å²) < 4.78 is 0. The van der Waals surface area contributed by atoms with Crippen molar-refractivity contribution >= 4 is 23.4 Å². The summed E-state index contributed by atoms with van der Waals surface area (Å²) in [4.78, 5) is 42.6. The highest BCUT2D eigenvalue weighted by Crippen LogP contribution is 2.31. The number of hydrogen-bond donors (Lipinski definition) is 1. The fourth-order valence-corrected chi connectivity index (χ4v) is 5.28. The number of carbonyl (C=O) groups is 3. The molecule has 2 aromatic carbocycles. The van der Waals surface area contributed by atoms with E-state index in [0.29, 0.717) is 23.2 Å². The Morgan fingerprint density at radius 3 is 2.38 bits per heavy atom.